The third kappa shape index (κ3) is 2.89. The predicted octanol–water partition coefficient (Wildman–Crippen LogP) is 3.02. The molecule has 1 rings (SSSR count). The molecule has 0 radical (unpaired) electrons. The number of para-hydroxylation sites is 1. The largest absolute Gasteiger partial charge is 0.264 e. The van der Waals surface area contributed by atoms with Crippen LogP contribution in [0.3, 0.4) is 0 Å². The minimum Gasteiger partial charge on any atom is -0.264 e. The molecule has 76 valence electrons. The Morgan fingerprint density at radius 3 is 2.36 bits per heavy atom. The highest BCUT2D eigenvalue weighted by Gasteiger charge is 2.16. The summed E-state index contributed by atoms with van der Waals surface area (Å²) >= 11 is 0. The molecule has 0 saturated heterocycles. The summed E-state index contributed by atoms with van der Waals surface area (Å²) in [5, 5.41) is 1.75. The fourth-order valence-electron chi connectivity index (χ4n) is 1.08. The smallest absolute Gasteiger partial charge is 0.108 e. The van der Waals surface area contributed by atoms with Crippen LogP contribution in [0.2, 0.25) is 0 Å². The Morgan fingerprint density at radius 1 is 1.29 bits per heavy atom. The highest BCUT2D eigenvalue weighted by Crippen LogP contribution is 2.18. The van der Waals surface area contributed by atoms with Crippen LogP contribution in [0.25, 0.3) is 0 Å². The molecule has 0 aliphatic heterocycles. The number of hydrogen-bond acceptors (Lipinski definition) is 2. The number of hydroxylamine groups is 1. The predicted molar refractivity (Wildman–Crippen MR) is 60.2 cm³/mol. The zero-order valence-electron chi connectivity index (χ0n) is 9.03. The average molecular weight is 191 g/mol. The molecule has 0 aliphatic rings. The maximum absolute atomic E-state index is 5.69. The van der Waals surface area contributed by atoms with Crippen molar-refractivity contribution in [2.45, 2.75) is 19.4 Å². The van der Waals surface area contributed by atoms with Crippen molar-refractivity contribution in [3.63, 3.8) is 0 Å². The van der Waals surface area contributed by atoms with Gasteiger partial charge in [0.2, 0.25) is 0 Å². The Labute approximate surface area is 85.8 Å². The minimum absolute atomic E-state index is 0.343. The number of benzene rings is 1. The van der Waals surface area contributed by atoms with Gasteiger partial charge in [-0.3, -0.25) is 9.90 Å². The van der Waals surface area contributed by atoms with Gasteiger partial charge in [-0.1, -0.05) is 24.3 Å². The first-order chi connectivity index (χ1) is 6.55. The molecular weight excluding hydrogens is 174 g/mol. The summed E-state index contributed by atoms with van der Waals surface area (Å²) in [6.07, 6.45) is 1.78. The molecule has 0 N–H and O–H groups in total. The summed E-state index contributed by atoms with van der Waals surface area (Å²) in [5.74, 6) is 0. The van der Waals surface area contributed by atoms with Crippen LogP contribution in [-0.2, 0) is 4.84 Å². The first kappa shape index (κ1) is 10.8. The Balaban J connectivity index is 2.68. The van der Waals surface area contributed by atoms with Gasteiger partial charge in [-0.25, -0.2) is 0 Å². The Bertz CT molecular complexity index is 292. The first-order valence-corrected chi connectivity index (χ1v) is 4.67. The number of hydrogen-bond donors (Lipinski definition) is 0. The van der Waals surface area contributed by atoms with Gasteiger partial charge in [0.25, 0.3) is 0 Å². The van der Waals surface area contributed by atoms with E-state index in [0.717, 1.165) is 5.69 Å². The Hall–Kier alpha value is -1.28. The van der Waals surface area contributed by atoms with E-state index < -0.39 is 0 Å². The van der Waals surface area contributed by atoms with Crippen LogP contribution in [-0.4, -0.2) is 12.6 Å². The van der Waals surface area contributed by atoms with Crippen LogP contribution < -0.4 is 5.06 Å². The van der Waals surface area contributed by atoms with Gasteiger partial charge < -0.3 is 0 Å². The van der Waals surface area contributed by atoms with E-state index in [1.807, 2.05) is 51.2 Å². The normalized spacial score (nSPS) is 11.1. The molecule has 0 atom stereocenters. The maximum atomic E-state index is 5.69. The van der Waals surface area contributed by atoms with Crippen molar-refractivity contribution < 1.29 is 4.84 Å². The summed E-state index contributed by atoms with van der Waals surface area (Å²) in [7, 11) is 1.89. The fraction of sp³-hybridized carbons (Fsp3) is 0.333. The lowest BCUT2D eigenvalue weighted by atomic mass is 10.1. The van der Waals surface area contributed by atoms with Gasteiger partial charge in [0.05, 0.1) is 5.69 Å². The van der Waals surface area contributed by atoms with E-state index in [1.165, 1.54) is 0 Å². The summed E-state index contributed by atoms with van der Waals surface area (Å²) < 4.78 is 0. The standard InChI is InChI=1S/C12H17NO/c1-5-12(2,3)14-13(4)11-9-7-6-8-10-11/h5-10H,1H2,2-4H3. The molecule has 2 nitrogen and oxygen atoms in total. The lowest BCUT2D eigenvalue weighted by Gasteiger charge is -2.28. The number of nitrogens with zero attached hydrogens (tertiary/aromatic N) is 1. The molecular formula is C12H17NO. The number of rotatable bonds is 4. The van der Waals surface area contributed by atoms with Gasteiger partial charge in [-0.05, 0) is 26.0 Å². The average Bonchev–Trinajstić information content (AvgIpc) is 2.19. The molecule has 1 aromatic rings. The minimum atomic E-state index is -0.343. The van der Waals surface area contributed by atoms with E-state index >= 15 is 0 Å². The molecule has 0 amide bonds. The van der Waals surface area contributed by atoms with Gasteiger partial charge in [0.15, 0.2) is 0 Å². The molecule has 0 saturated carbocycles. The second-order valence-corrected chi connectivity index (χ2v) is 3.73. The van der Waals surface area contributed by atoms with E-state index in [4.69, 9.17) is 4.84 Å². The van der Waals surface area contributed by atoms with E-state index in [-0.39, 0.29) is 5.60 Å². The third-order valence-electron chi connectivity index (χ3n) is 1.98. The Morgan fingerprint density at radius 2 is 1.86 bits per heavy atom. The molecule has 0 heterocycles. The van der Waals surface area contributed by atoms with Crippen molar-refractivity contribution in [3.8, 4) is 0 Å². The zero-order chi connectivity index (χ0) is 10.6. The molecule has 0 bridgehead atoms. The molecule has 0 unspecified atom stereocenters. The molecule has 1 aromatic carbocycles. The van der Waals surface area contributed by atoms with E-state index in [2.05, 4.69) is 6.58 Å². The monoisotopic (exact) mass is 191 g/mol. The van der Waals surface area contributed by atoms with Crippen molar-refractivity contribution in [1.82, 2.24) is 0 Å². The topological polar surface area (TPSA) is 12.5 Å². The van der Waals surface area contributed by atoms with E-state index in [1.54, 1.807) is 11.1 Å². The fourth-order valence-corrected chi connectivity index (χ4v) is 1.08. The lowest BCUT2D eigenvalue weighted by Crippen LogP contribution is -2.31. The molecule has 0 fully saturated rings. The van der Waals surface area contributed by atoms with Crippen molar-refractivity contribution in [3.05, 3.63) is 43.0 Å². The SMILES string of the molecule is C=CC(C)(C)ON(C)c1ccccc1. The van der Waals surface area contributed by atoms with Crippen LogP contribution in [0.4, 0.5) is 5.69 Å². The highest BCUT2D eigenvalue weighted by molar-refractivity contribution is 5.42. The molecule has 0 aromatic heterocycles. The van der Waals surface area contributed by atoms with Crippen molar-refractivity contribution in [2.24, 2.45) is 0 Å². The van der Waals surface area contributed by atoms with Crippen molar-refractivity contribution in [1.29, 1.82) is 0 Å². The summed E-state index contributed by atoms with van der Waals surface area (Å²) in [5.41, 5.74) is 0.687. The van der Waals surface area contributed by atoms with Gasteiger partial charge >= 0.3 is 0 Å². The van der Waals surface area contributed by atoms with Crippen molar-refractivity contribution >= 4 is 5.69 Å². The molecule has 14 heavy (non-hydrogen) atoms. The van der Waals surface area contributed by atoms with Gasteiger partial charge in [-0.2, -0.15) is 0 Å². The van der Waals surface area contributed by atoms with Gasteiger partial charge in [0, 0.05) is 7.05 Å². The first-order valence-electron chi connectivity index (χ1n) is 4.67. The van der Waals surface area contributed by atoms with Crippen molar-refractivity contribution in [2.75, 3.05) is 12.1 Å². The molecule has 0 aliphatic carbocycles. The van der Waals surface area contributed by atoms with Crippen LogP contribution in [0.15, 0.2) is 43.0 Å². The highest BCUT2D eigenvalue weighted by atomic mass is 16.7. The van der Waals surface area contributed by atoms with Gasteiger partial charge in [0.1, 0.15) is 5.60 Å². The van der Waals surface area contributed by atoms with E-state index in [9.17, 15) is 0 Å². The third-order valence-corrected chi connectivity index (χ3v) is 1.98. The quantitative estimate of drug-likeness (QED) is 0.536. The Kier molecular flexibility index (Phi) is 3.31. The molecule has 0 spiro atoms. The second-order valence-electron chi connectivity index (χ2n) is 3.73. The molecule has 2 heteroatoms. The summed E-state index contributed by atoms with van der Waals surface area (Å²) in [6.45, 7) is 7.67. The van der Waals surface area contributed by atoms with Crippen LogP contribution in [0, 0.1) is 0 Å². The summed E-state index contributed by atoms with van der Waals surface area (Å²) in [6, 6.07) is 9.94. The summed E-state index contributed by atoms with van der Waals surface area (Å²) in [4.78, 5) is 5.69. The van der Waals surface area contributed by atoms with E-state index in [0.29, 0.717) is 0 Å². The van der Waals surface area contributed by atoms with Crippen LogP contribution in [0.1, 0.15) is 13.8 Å². The zero-order valence-corrected chi connectivity index (χ0v) is 9.03. The van der Waals surface area contributed by atoms with Crippen LogP contribution >= 0.6 is 0 Å². The van der Waals surface area contributed by atoms with Crippen LogP contribution in [0.5, 0.6) is 0 Å². The maximum Gasteiger partial charge on any atom is 0.108 e. The lowest BCUT2D eigenvalue weighted by molar-refractivity contribution is 0.00957. The number of anilines is 1. The second kappa shape index (κ2) is 4.29. The van der Waals surface area contributed by atoms with Gasteiger partial charge in [-0.15, -0.1) is 6.58 Å².